The molecule has 1 atom stereocenters. The summed E-state index contributed by atoms with van der Waals surface area (Å²) in [6, 6.07) is 28.4. The van der Waals surface area contributed by atoms with Gasteiger partial charge in [0, 0.05) is 6.54 Å². The smallest absolute Gasteiger partial charge is 0.264 e. The van der Waals surface area contributed by atoms with E-state index in [4.69, 9.17) is 0 Å². The quantitative estimate of drug-likeness (QED) is 0.323. The van der Waals surface area contributed by atoms with Gasteiger partial charge in [-0.2, -0.15) is 0 Å². The van der Waals surface area contributed by atoms with Crippen LogP contribution in [0.3, 0.4) is 0 Å². The van der Waals surface area contributed by atoms with Gasteiger partial charge in [0.15, 0.2) is 0 Å². The number of aryl methyl sites for hydroxylation is 2. The van der Waals surface area contributed by atoms with Crippen molar-refractivity contribution in [3.8, 4) is 0 Å². The lowest BCUT2D eigenvalue weighted by Gasteiger charge is -2.25. The first kappa shape index (κ1) is 25.5. The van der Waals surface area contributed by atoms with Crippen molar-refractivity contribution >= 4 is 32.4 Å². The monoisotopic (exact) mass is 500 g/mol. The number of rotatable bonds is 9. The van der Waals surface area contributed by atoms with E-state index in [1.165, 1.54) is 20.6 Å². The third-order valence-corrected chi connectivity index (χ3v) is 8.07. The number of fused-ring (bicyclic) bond motifs is 1. The van der Waals surface area contributed by atoms with Crippen molar-refractivity contribution in [1.82, 2.24) is 5.32 Å². The molecule has 0 heterocycles. The molecule has 0 saturated carbocycles. The van der Waals surface area contributed by atoms with Gasteiger partial charge in [0.2, 0.25) is 5.91 Å². The van der Waals surface area contributed by atoms with Crippen LogP contribution < -0.4 is 9.62 Å². The van der Waals surface area contributed by atoms with Crippen LogP contribution in [0.2, 0.25) is 0 Å². The predicted molar refractivity (Wildman–Crippen MR) is 147 cm³/mol. The van der Waals surface area contributed by atoms with E-state index in [-0.39, 0.29) is 23.3 Å². The molecule has 1 amide bonds. The largest absolute Gasteiger partial charge is 0.354 e. The van der Waals surface area contributed by atoms with Crippen LogP contribution in [0.1, 0.15) is 23.6 Å². The van der Waals surface area contributed by atoms with Crippen LogP contribution >= 0.6 is 0 Å². The standard InChI is InChI=1S/C30H32N2O3S/c1-22-14-16-28(17-15-22)36(34,35)32(27-12-6-8-23(2)19-27)21-30(33)31-20-24(3)18-26-11-7-10-25-9-4-5-13-29(25)26/h4-17,19,24H,18,20-21H2,1-3H3,(H,31,33). The number of amides is 1. The highest BCUT2D eigenvalue weighted by molar-refractivity contribution is 7.92. The van der Waals surface area contributed by atoms with Gasteiger partial charge in [-0.25, -0.2) is 8.42 Å². The van der Waals surface area contributed by atoms with E-state index < -0.39 is 10.0 Å². The normalized spacial score (nSPS) is 12.3. The second-order valence-electron chi connectivity index (χ2n) is 9.42. The molecule has 4 aromatic rings. The Morgan fingerprint density at radius 2 is 1.56 bits per heavy atom. The molecular formula is C30H32N2O3S. The van der Waals surface area contributed by atoms with Crippen molar-refractivity contribution in [3.05, 3.63) is 108 Å². The van der Waals surface area contributed by atoms with E-state index in [1.807, 2.05) is 32.0 Å². The Bertz CT molecular complexity index is 1460. The maximum absolute atomic E-state index is 13.5. The fourth-order valence-corrected chi connectivity index (χ4v) is 5.74. The van der Waals surface area contributed by atoms with Gasteiger partial charge in [-0.15, -0.1) is 0 Å². The summed E-state index contributed by atoms with van der Waals surface area (Å²) in [6.07, 6.45) is 0.810. The molecule has 6 heteroatoms. The van der Waals surface area contributed by atoms with Gasteiger partial charge >= 0.3 is 0 Å². The highest BCUT2D eigenvalue weighted by Crippen LogP contribution is 2.25. The zero-order valence-corrected chi connectivity index (χ0v) is 21.8. The van der Waals surface area contributed by atoms with Crippen LogP contribution in [-0.4, -0.2) is 27.4 Å². The topological polar surface area (TPSA) is 66.5 Å². The third-order valence-electron chi connectivity index (χ3n) is 6.28. The zero-order chi connectivity index (χ0) is 25.7. The van der Waals surface area contributed by atoms with Gasteiger partial charge < -0.3 is 5.32 Å². The molecule has 0 aliphatic rings. The Balaban J connectivity index is 1.48. The maximum Gasteiger partial charge on any atom is 0.264 e. The maximum atomic E-state index is 13.5. The van der Waals surface area contributed by atoms with E-state index >= 15 is 0 Å². The fraction of sp³-hybridized carbons (Fsp3) is 0.233. The Kier molecular flexibility index (Phi) is 7.75. The minimum atomic E-state index is -3.92. The van der Waals surface area contributed by atoms with Gasteiger partial charge in [-0.1, -0.05) is 79.2 Å². The van der Waals surface area contributed by atoms with Crippen molar-refractivity contribution in [1.29, 1.82) is 0 Å². The van der Waals surface area contributed by atoms with Crippen LogP contribution in [0.25, 0.3) is 10.8 Å². The van der Waals surface area contributed by atoms with Gasteiger partial charge in [-0.3, -0.25) is 9.10 Å². The van der Waals surface area contributed by atoms with Crippen LogP contribution in [0.5, 0.6) is 0 Å². The minimum Gasteiger partial charge on any atom is -0.354 e. The summed E-state index contributed by atoms with van der Waals surface area (Å²) in [5.74, 6) is -0.155. The van der Waals surface area contributed by atoms with Crippen molar-refractivity contribution in [2.45, 2.75) is 32.1 Å². The summed E-state index contributed by atoms with van der Waals surface area (Å²) in [5, 5.41) is 5.36. The van der Waals surface area contributed by atoms with Crippen molar-refractivity contribution in [3.63, 3.8) is 0 Å². The summed E-state index contributed by atoms with van der Waals surface area (Å²) in [4.78, 5) is 13.2. The van der Waals surface area contributed by atoms with E-state index in [2.05, 4.69) is 42.6 Å². The first-order valence-electron chi connectivity index (χ1n) is 12.1. The zero-order valence-electron chi connectivity index (χ0n) is 20.9. The lowest BCUT2D eigenvalue weighted by atomic mass is 9.96. The van der Waals surface area contributed by atoms with E-state index in [1.54, 1.807) is 42.5 Å². The number of hydrogen-bond acceptors (Lipinski definition) is 3. The molecule has 36 heavy (non-hydrogen) atoms. The number of carbonyl (C=O) groups excluding carboxylic acids is 1. The molecule has 0 saturated heterocycles. The predicted octanol–water partition coefficient (Wildman–Crippen LogP) is 5.65. The molecule has 5 nitrogen and oxygen atoms in total. The van der Waals surface area contributed by atoms with Crippen molar-refractivity contribution in [2.24, 2.45) is 5.92 Å². The summed E-state index contributed by atoms with van der Waals surface area (Å²) in [6.45, 7) is 6.05. The van der Waals surface area contributed by atoms with Crippen molar-refractivity contribution in [2.75, 3.05) is 17.4 Å². The van der Waals surface area contributed by atoms with E-state index in [0.29, 0.717) is 12.2 Å². The average Bonchev–Trinajstić information content (AvgIpc) is 2.86. The third kappa shape index (κ3) is 5.94. The Morgan fingerprint density at radius 1 is 0.861 bits per heavy atom. The van der Waals surface area contributed by atoms with Crippen LogP contribution in [0.4, 0.5) is 5.69 Å². The number of anilines is 1. The van der Waals surface area contributed by atoms with E-state index in [9.17, 15) is 13.2 Å². The van der Waals surface area contributed by atoms with Crippen LogP contribution in [0.15, 0.2) is 95.9 Å². The van der Waals surface area contributed by atoms with Crippen LogP contribution in [0, 0.1) is 19.8 Å². The second-order valence-corrected chi connectivity index (χ2v) is 11.3. The fourth-order valence-electron chi connectivity index (χ4n) is 4.33. The van der Waals surface area contributed by atoms with Gasteiger partial charge in [0.25, 0.3) is 10.0 Å². The molecule has 1 N–H and O–H groups in total. The molecular weight excluding hydrogens is 468 g/mol. The molecule has 0 radical (unpaired) electrons. The number of nitrogens with one attached hydrogen (secondary N) is 1. The second kappa shape index (κ2) is 11.0. The highest BCUT2D eigenvalue weighted by Gasteiger charge is 2.27. The number of carbonyl (C=O) groups is 1. The Hall–Kier alpha value is -3.64. The van der Waals surface area contributed by atoms with E-state index in [0.717, 1.165) is 17.5 Å². The van der Waals surface area contributed by atoms with Crippen molar-refractivity contribution < 1.29 is 13.2 Å². The minimum absolute atomic E-state index is 0.159. The number of sulfonamides is 1. The lowest BCUT2D eigenvalue weighted by molar-refractivity contribution is -0.119. The van der Waals surface area contributed by atoms with Crippen LogP contribution in [-0.2, 0) is 21.2 Å². The highest BCUT2D eigenvalue weighted by atomic mass is 32.2. The Morgan fingerprint density at radius 3 is 2.31 bits per heavy atom. The molecule has 4 rings (SSSR count). The molecule has 186 valence electrons. The summed E-state index contributed by atoms with van der Waals surface area (Å²) in [7, 11) is -3.92. The number of nitrogens with zero attached hydrogens (tertiary/aromatic N) is 1. The molecule has 0 aliphatic carbocycles. The molecule has 0 fully saturated rings. The molecule has 1 unspecified atom stereocenters. The average molecular weight is 501 g/mol. The number of hydrogen-bond donors (Lipinski definition) is 1. The first-order chi connectivity index (χ1) is 17.2. The summed E-state index contributed by atoms with van der Waals surface area (Å²) in [5.41, 5.74) is 3.59. The van der Waals surface area contributed by atoms with Gasteiger partial charge in [0.1, 0.15) is 6.54 Å². The SMILES string of the molecule is Cc1ccc(S(=O)(=O)N(CC(=O)NCC(C)Cc2cccc3ccccc23)c2cccc(C)c2)cc1. The molecule has 0 spiro atoms. The summed E-state index contributed by atoms with van der Waals surface area (Å²) < 4.78 is 28.3. The molecule has 0 aromatic heterocycles. The Labute approximate surface area is 213 Å². The lowest BCUT2D eigenvalue weighted by Crippen LogP contribution is -2.42. The molecule has 0 aliphatic heterocycles. The molecule has 0 bridgehead atoms. The molecule has 4 aromatic carbocycles. The first-order valence-corrected chi connectivity index (χ1v) is 13.6. The summed E-state index contributed by atoms with van der Waals surface area (Å²) >= 11 is 0. The van der Waals surface area contributed by atoms with Gasteiger partial charge in [-0.05, 0) is 72.4 Å². The number of benzene rings is 4. The van der Waals surface area contributed by atoms with Gasteiger partial charge in [0.05, 0.1) is 10.6 Å².